The zero-order chi connectivity index (χ0) is 12.7. The van der Waals surface area contributed by atoms with E-state index in [0.717, 1.165) is 17.0 Å². The van der Waals surface area contributed by atoms with Crippen molar-refractivity contribution in [1.29, 1.82) is 0 Å². The fraction of sp³-hybridized carbons (Fsp3) is 0.154. The van der Waals surface area contributed by atoms with E-state index in [-0.39, 0.29) is 0 Å². The molecule has 0 aliphatic carbocycles. The SMILES string of the molecule is Cc1ccc(-n2c(C)nc3ncnc(Cl)c32)cc1. The van der Waals surface area contributed by atoms with Crippen LogP contribution in [0.2, 0.25) is 5.15 Å². The minimum atomic E-state index is 0.418. The van der Waals surface area contributed by atoms with Crippen molar-refractivity contribution >= 4 is 22.8 Å². The molecule has 0 radical (unpaired) electrons. The molecule has 0 fully saturated rings. The average molecular weight is 259 g/mol. The standard InChI is InChI=1S/C13H11ClN4/c1-8-3-5-10(6-4-8)18-9(2)17-13-11(18)12(14)15-7-16-13/h3-7H,1-2H3. The largest absolute Gasteiger partial charge is 0.292 e. The number of halogens is 1. The lowest BCUT2D eigenvalue weighted by atomic mass is 10.2. The van der Waals surface area contributed by atoms with Crippen LogP contribution in [0.25, 0.3) is 16.9 Å². The van der Waals surface area contributed by atoms with Gasteiger partial charge in [0.05, 0.1) is 0 Å². The molecule has 3 aromatic rings. The number of hydrogen-bond acceptors (Lipinski definition) is 3. The molecule has 1 aromatic carbocycles. The summed E-state index contributed by atoms with van der Waals surface area (Å²) in [4.78, 5) is 12.6. The van der Waals surface area contributed by atoms with Gasteiger partial charge < -0.3 is 0 Å². The number of aryl methyl sites for hydroxylation is 2. The smallest absolute Gasteiger partial charge is 0.182 e. The first-order valence-electron chi connectivity index (χ1n) is 5.59. The molecule has 0 bridgehead atoms. The van der Waals surface area contributed by atoms with Crippen LogP contribution in [-0.4, -0.2) is 19.5 Å². The first-order valence-corrected chi connectivity index (χ1v) is 5.97. The zero-order valence-electron chi connectivity index (χ0n) is 10.1. The minimum Gasteiger partial charge on any atom is -0.292 e. The third kappa shape index (κ3) is 1.66. The van der Waals surface area contributed by atoms with Gasteiger partial charge in [-0.25, -0.2) is 15.0 Å². The van der Waals surface area contributed by atoms with Gasteiger partial charge in [-0.15, -0.1) is 0 Å². The molecule has 0 saturated heterocycles. The van der Waals surface area contributed by atoms with Crippen LogP contribution in [0.3, 0.4) is 0 Å². The van der Waals surface area contributed by atoms with Gasteiger partial charge in [0.2, 0.25) is 0 Å². The summed E-state index contributed by atoms with van der Waals surface area (Å²) in [6.45, 7) is 3.98. The molecule has 2 heterocycles. The number of benzene rings is 1. The van der Waals surface area contributed by atoms with E-state index in [9.17, 15) is 0 Å². The Balaban J connectivity index is 2.34. The molecule has 5 heteroatoms. The summed E-state index contributed by atoms with van der Waals surface area (Å²) in [5.74, 6) is 0.844. The highest BCUT2D eigenvalue weighted by molar-refractivity contribution is 6.33. The summed E-state index contributed by atoms with van der Waals surface area (Å²) >= 11 is 6.14. The Morgan fingerprint density at radius 1 is 1.06 bits per heavy atom. The van der Waals surface area contributed by atoms with Crippen LogP contribution in [0.5, 0.6) is 0 Å². The summed E-state index contributed by atoms with van der Waals surface area (Å²) in [7, 11) is 0. The lowest BCUT2D eigenvalue weighted by Gasteiger charge is -2.07. The lowest BCUT2D eigenvalue weighted by Crippen LogP contribution is -1.97. The fourth-order valence-corrected chi connectivity index (χ4v) is 2.21. The van der Waals surface area contributed by atoms with Gasteiger partial charge >= 0.3 is 0 Å². The molecule has 0 atom stereocenters. The Bertz CT molecular complexity index is 716. The summed E-state index contributed by atoms with van der Waals surface area (Å²) < 4.78 is 1.97. The second kappa shape index (κ2) is 4.07. The van der Waals surface area contributed by atoms with Crippen LogP contribution in [-0.2, 0) is 0 Å². The highest BCUT2D eigenvalue weighted by Crippen LogP contribution is 2.24. The van der Waals surface area contributed by atoms with Crippen LogP contribution in [0.15, 0.2) is 30.6 Å². The van der Waals surface area contributed by atoms with Gasteiger partial charge in [0, 0.05) is 5.69 Å². The number of imidazole rings is 1. The van der Waals surface area contributed by atoms with Gasteiger partial charge in [-0.3, -0.25) is 4.57 Å². The van der Waals surface area contributed by atoms with E-state index in [1.807, 2.05) is 23.6 Å². The molecule has 0 unspecified atom stereocenters. The van der Waals surface area contributed by atoms with Crippen LogP contribution >= 0.6 is 11.6 Å². The summed E-state index contributed by atoms with van der Waals surface area (Å²) in [5, 5.41) is 0.418. The van der Waals surface area contributed by atoms with Gasteiger partial charge in [0.25, 0.3) is 0 Å². The van der Waals surface area contributed by atoms with Crippen molar-refractivity contribution in [2.24, 2.45) is 0 Å². The Labute approximate surface area is 109 Å². The maximum atomic E-state index is 6.14. The van der Waals surface area contributed by atoms with Crippen molar-refractivity contribution in [2.45, 2.75) is 13.8 Å². The van der Waals surface area contributed by atoms with Gasteiger partial charge in [-0.05, 0) is 26.0 Å². The lowest BCUT2D eigenvalue weighted by molar-refractivity contribution is 0.998. The van der Waals surface area contributed by atoms with Gasteiger partial charge in [-0.2, -0.15) is 0 Å². The number of nitrogens with zero attached hydrogens (tertiary/aromatic N) is 4. The molecule has 4 nitrogen and oxygen atoms in total. The van der Waals surface area contributed by atoms with Crippen molar-refractivity contribution in [3.63, 3.8) is 0 Å². The van der Waals surface area contributed by atoms with Gasteiger partial charge in [0.1, 0.15) is 17.7 Å². The Morgan fingerprint density at radius 2 is 1.78 bits per heavy atom. The molecule has 0 aliphatic rings. The molecule has 0 amide bonds. The number of hydrogen-bond donors (Lipinski definition) is 0. The first-order chi connectivity index (χ1) is 8.66. The maximum Gasteiger partial charge on any atom is 0.182 e. The van der Waals surface area contributed by atoms with E-state index in [0.29, 0.717) is 10.8 Å². The van der Waals surface area contributed by atoms with E-state index < -0.39 is 0 Å². The predicted octanol–water partition coefficient (Wildman–Crippen LogP) is 3.09. The normalized spacial score (nSPS) is 11.1. The minimum absolute atomic E-state index is 0.418. The zero-order valence-corrected chi connectivity index (χ0v) is 10.8. The molecule has 0 spiro atoms. The molecule has 0 aliphatic heterocycles. The Morgan fingerprint density at radius 3 is 2.50 bits per heavy atom. The van der Waals surface area contributed by atoms with E-state index in [1.165, 1.54) is 11.9 Å². The number of rotatable bonds is 1. The van der Waals surface area contributed by atoms with Crippen LogP contribution < -0.4 is 0 Å². The maximum absolute atomic E-state index is 6.14. The van der Waals surface area contributed by atoms with Crippen LogP contribution in [0, 0.1) is 13.8 Å². The molecule has 90 valence electrons. The molecule has 0 N–H and O–H groups in total. The number of aromatic nitrogens is 4. The highest BCUT2D eigenvalue weighted by Gasteiger charge is 2.13. The average Bonchev–Trinajstić information content (AvgIpc) is 2.68. The summed E-state index contributed by atoms with van der Waals surface area (Å²) in [5.41, 5.74) is 3.59. The molecular formula is C13H11ClN4. The molecule has 2 aromatic heterocycles. The second-order valence-corrected chi connectivity index (χ2v) is 4.52. The summed E-state index contributed by atoms with van der Waals surface area (Å²) in [6.07, 6.45) is 1.43. The van der Waals surface area contributed by atoms with Crippen molar-refractivity contribution in [2.75, 3.05) is 0 Å². The first kappa shape index (κ1) is 11.2. The quantitative estimate of drug-likeness (QED) is 0.630. The van der Waals surface area contributed by atoms with Crippen molar-refractivity contribution in [3.05, 3.63) is 47.1 Å². The van der Waals surface area contributed by atoms with Crippen molar-refractivity contribution in [3.8, 4) is 5.69 Å². The van der Waals surface area contributed by atoms with E-state index in [1.54, 1.807) is 0 Å². The van der Waals surface area contributed by atoms with Crippen LogP contribution in [0.1, 0.15) is 11.4 Å². The highest BCUT2D eigenvalue weighted by atomic mass is 35.5. The molecule has 0 saturated carbocycles. The second-order valence-electron chi connectivity index (χ2n) is 4.17. The topological polar surface area (TPSA) is 43.6 Å². The number of fused-ring (bicyclic) bond motifs is 1. The Kier molecular flexibility index (Phi) is 2.52. The third-order valence-corrected chi connectivity index (χ3v) is 3.14. The van der Waals surface area contributed by atoms with E-state index >= 15 is 0 Å². The van der Waals surface area contributed by atoms with E-state index in [4.69, 9.17) is 11.6 Å². The van der Waals surface area contributed by atoms with Crippen molar-refractivity contribution < 1.29 is 0 Å². The fourth-order valence-electron chi connectivity index (χ4n) is 2.00. The van der Waals surface area contributed by atoms with Crippen LogP contribution in [0.4, 0.5) is 0 Å². The third-order valence-electron chi connectivity index (χ3n) is 2.87. The Hall–Kier alpha value is -1.94. The summed E-state index contributed by atoms with van der Waals surface area (Å²) in [6, 6.07) is 8.18. The van der Waals surface area contributed by atoms with Crippen molar-refractivity contribution in [1.82, 2.24) is 19.5 Å². The molecule has 3 rings (SSSR count). The predicted molar refractivity (Wildman–Crippen MR) is 71.1 cm³/mol. The van der Waals surface area contributed by atoms with Gasteiger partial charge in [-0.1, -0.05) is 29.3 Å². The monoisotopic (exact) mass is 258 g/mol. The van der Waals surface area contributed by atoms with Gasteiger partial charge in [0.15, 0.2) is 10.8 Å². The molecule has 18 heavy (non-hydrogen) atoms. The van der Waals surface area contributed by atoms with E-state index in [2.05, 4.69) is 34.0 Å². The molecular weight excluding hydrogens is 248 g/mol.